The summed E-state index contributed by atoms with van der Waals surface area (Å²) >= 11 is 0. The first-order valence-electron chi connectivity index (χ1n) is 7.10. The highest BCUT2D eigenvalue weighted by atomic mass is 16.5. The molecule has 0 aromatic carbocycles. The minimum absolute atomic E-state index is 0.0436. The van der Waals surface area contributed by atoms with Crippen molar-refractivity contribution >= 4 is 5.91 Å². The Hall–Kier alpha value is -0.610. The van der Waals surface area contributed by atoms with Gasteiger partial charge in [0.1, 0.15) is 6.61 Å². The zero-order valence-corrected chi connectivity index (χ0v) is 12.1. The zero-order valence-electron chi connectivity index (χ0n) is 12.1. The summed E-state index contributed by atoms with van der Waals surface area (Å²) in [5.41, 5.74) is 5.62. The van der Waals surface area contributed by atoms with Crippen LogP contribution < -0.4 is 5.73 Å². The molecule has 0 spiro atoms. The van der Waals surface area contributed by atoms with E-state index in [2.05, 4.69) is 0 Å². The Kier molecular flexibility index (Phi) is 6.09. The van der Waals surface area contributed by atoms with Crippen molar-refractivity contribution in [2.45, 2.75) is 64.0 Å². The van der Waals surface area contributed by atoms with Crippen LogP contribution in [0.1, 0.15) is 52.4 Å². The summed E-state index contributed by atoms with van der Waals surface area (Å²) < 4.78 is 5.92. The summed E-state index contributed by atoms with van der Waals surface area (Å²) in [6.45, 7) is 4.68. The molecule has 0 unspecified atom stereocenters. The zero-order chi connectivity index (χ0) is 13.6. The Bertz CT molecular complexity index is 259. The van der Waals surface area contributed by atoms with Crippen molar-refractivity contribution in [3.05, 3.63) is 0 Å². The van der Waals surface area contributed by atoms with Crippen molar-refractivity contribution in [2.75, 3.05) is 20.2 Å². The Morgan fingerprint density at radius 2 is 1.83 bits per heavy atom. The lowest BCUT2D eigenvalue weighted by Crippen LogP contribution is -2.44. The van der Waals surface area contributed by atoms with E-state index in [1.807, 2.05) is 20.9 Å². The van der Waals surface area contributed by atoms with Gasteiger partial charge in [0.25, 0.3) is 0 Å². The molecule has 0 radical (unpaired) electrons. The molecule has 4 heteroatoms. The molecule has 1 aliphatic carbocycles. The molecule has 1 saturated carbocycles. The number of amides is 1. The third-order valence-electron chi connectivity index (χ3n) is 4.06. The van der Waals surface area contributed by atoms with Crippen LogP contribution in [0.15, 0.2) is 0 Å². The van der Waals surface area contributed by atoms with Crippen LogP contribution in [0.4, 0.5) is 0 Å². The second-order valence-electron chi connectivity index (χ2n) is 5.69. The molecule has 0 aliphatic heterocycles. The number of nitrogens with zero attached hydrogens (tertiary/aromatic N) is 1. The maximum absolute atomic E-state index is 11.9. The monoisotopic (exact) mass is 256 g/mol. The van der Waals surface area contributed by atoms with Crippen molar-refractivity contribution in [1.82, 2.24) is 4.90 Å². The van der Waals surface area contributed by atoms with Crippen LogP contribution in [0.3, 0.4) is 0 Å². The molecule has 18 heavy (non-hydrogen) atoms. The van der Waals surface area contributed by atoms with Gasteiger partial charge < -0.3 is 15.4 Å². The van der Waals surface area contributed by atoms with Crippen LogP contribution in [0, 0.1) is 0 Å². The Labute approximate surface area is 111 Å². The van der Waals surface area contributed by atoms with E-state index in [9.17, 15) is 4.79 Å². The largest absolute Gasteiger partial charge is 0.364 e. The molecule has 0 aromatic heterocycles. The average Bonchev–Trinajstić information content (AvgIpc) is 2.61. The molecule has 1 fully saturated rings. The van der Waals surface area contributed by atoms with Crippen LogP contribution in [0.2, 0.25) is 0 Å². The normalized spacial score (nSPS) is 19.6. The predicted molar refractivity (Wildman–Crippen MR) is 73.3 cm³/mol. The van der Waals surface area contributed by atoms with Crippen LogP contribution >= 0.6 is 0 Å². The summed E-state index contributed by atoms with van der Waals surface area (Å²) in [5, 5.41) is 0. The Balaban J connectivity index is 2.50. The summed E-state index contributed by atoms with van der Waals surface area (Å²) in [5.74, 6) is 0.0436. The SMILES string of the molecule is CC(C)N(C)C(=O)COC1(CN)CCCCCC1. The number of carbonyl (C=O) groups excluding carboxylic acids is 1. The van der Waals surface area contributed by atoms with Gasteiger partial charge in [-0.05, 0) is 26.7 Å². The van der Waals surface area contributed by atoms with Gasteiger partial charge in [-0.25, -0.2) is 0 Å². The summed E-state index contributed by atoms with van der Waals surface area (Å²) in [6.07, 6.45) is 6.80. The van der Waals surface area contributed by atoms with Gasteiger partial charge in [-0.2, -0.15) is 0 Å². The second-order valence-corrected chi connectivity index (χ2v) is 5.69. The first kappa shape index (κ1) is 15.4. The smallest absolute Gasteiger partial charge is 0.248 e. The van der Waals surface area contributed by atoms with E-state index in [0.717, 1.165) is 25.7 Å². The molecule has 0 aromatic rings. The van der Waals surface area contributed by atoms with Crippen molar-refractivity contribution in [1.29, 1.82) is 0 Å². The fraction of sp³-hybridized carbons (Fsp3) is 0.929. The number of rotatable bonds is 5. The maximum atomic E-state index is 11.9. The first-order valence-corrected chi connectivity index (χ1v) is 7.10. The molecule has 1 aliphatic rings. The maximum Gasteiger partial charge on any atom is 0.248 e. The van der Waals surface area contributed by atoms with Crippen molar-refractivity contribution < 1.29 is 9.53 Å². The second kappa shape index (κ2) is 7.10. The van der Waals surface area contributed by atoms with E-state index in [0.29, 0.717) is 6.54 Å². The third kappa shape index (κ3) is 4.25. The standard InChI is InChI=1S/C14H28N2O2/c1-12(2)16(3)13(17)10-18-14(11-15)8-6-4-5-7-9-14/h12H,4-11,15H2,1-3H3. The average molecular weight is 256 g/mol. The molecular formula is C14H28N2O2. The van der Waals surface area contributed by atoms with Gasteiger partial charge in [0.2, 0.25) is 5.91 Å². The van der Waals surface area contributed by atoms with E-state index in [1.165, 1.54) is 12.8 Å². The van der Waals surface area contributed by atoms with Crippen molar-refractivity contribution in [3.8, 4) is 0 Å². The molecule has 0 heterocycles. The Morgan fingerprint density at radius 3 is 2.28 bits per heavy atom. The number of hydrogen-bond acceptors (Lipinski definition) is 3. The minimum Gasteiger partial charge on any atom is -0.364 e. The van der Waals surface area contributed by atoms with E-state index >= 15 is 0 Å². The highest BCUT2D eigenvalue weighted by molar-refractivity contribution is 5.77. The minimum atomic E-state index is -0.260. The highest BCUT2D eigenvalue weighted by Gasteiger charge is 2.31. The fourth-order valence-electron chi connectivity index (χ4n) is 2.38. The number of likely N-dealkylation sites (N-methyl/N-ethyl adjacent to an activating group) is 1. The topological polar surface area (TPSA) is 55.6 Å². The van der Waals surface area contributed by atoms with Gasteiger partial charge in [-0.1, -0.05) is 25.7 Å². The van der Waals surface area contributed by atoms with Gasteiger partial charge in [0, 0.05) is 19.6 Å². The van der Waals surface area contributed by atoms with E-state index in [-0.39, 0.29) is 24.2 Å². The molecule has 0 saturated heterocycles. The van der Waals surface area contributed by atoms with E-state index < -0.39 is 0 Å². The van der Waals surface area contributed by atoms with Gasteiger partial charge in [0.05, 0.1) is 5.60 Å². The van der Waals surface area contributed by atoms with Crippen LogP contribution in [-0.4, -0.2) is 42.6 Å². The van der Waals surface area contributed by atoms with Gasteiger partial charge in [-0.15, -0.1) is 0 Å². The summed E-state index contributed by atoms with van der Waals surface area (Å²) in [4.78, 5) is 13.7. The Morgan fingerprint density at radius 1 is 1.28 bits per heavy atom. The van der Waals surface area contributed by atoms with E-state index in [1.54, 1.807) is 4.90 Å². The number of carbonyl (C=O) groups is 1. The predicted octanol–water partition coefficient (Wildman–Crippen LogP) is 1.92. The van der Waals surface area contributed by atoms with Crippen LogP contribution in [0.25, 0.3) is 0 Å². The van der Waals surface area contributed by atoms with Gasteiger partial charge in [0.15, 0.2) is 0 Å². The van der Waals surface area contributed by atoms with Crippen LogP contribution in [0.5, 0.6) is 0 Å². The van der Waals surface area contributed by atoms with Crippen molar-refractivity contribution in [3.63, 3.8) is 0 Å². The molecule has 2 N–H and O–H groups in total. The number of ether oxygens (including phenoxy) is 1. The lowest BCUT2D eigenvalue weighted by atomic mass is 9.94. The third-order valence-corrected chi connectivity index (χ3v) is 4.06. The van der Waals surface area contributed by atoms with Crippen molar-refractivity contribution in [2.24, 2.45) is 5.73 Å². The van der Waals surface area contributed by atoms with E-state index in [4.69, 9.17) is 10.5 Å². The number of hydrogen-bond donors (Lipinski definition) is 1. The fourth-order valence-corrected chi connectivity index (χ4v) is 2.38. The molecule has 106 valence electrons. The molecule has 1 rings (SSSR count). The lowest BCUT2D eigenvalue weighted by molar-refractivity contribution is -0.144. The summed E-state index contributed by atoms with van der Waals surface area (Å²) in [6, 6.07) is 0.212. The number of nitrogens with two attached hydrogens (primary N) is 1. The first-order chi connectivity index (χ1) is 8.51. The molecule has 4 nitrogen and oxygen atoms in total. The molecule has 0 bridgehead atoms. The molecular weight excluding hydrogens is 228 g/mol. The summed E-state index contributed by atoms with van der Waals surface area (Å²) in [7, 11) is 1.82. The van der Waals surface area contributed by atoms with Gasteiger partial charge in [-0.3, -0.25) is 4.79 Å². The quantitative estimate of drug-likeness (QED) is 0.765. The van der Waals surface area contributed by atoms with Crippen LogP contribution in [-0.2, 0) is 9.53 Å². The molecule has 1 amide bonds. The molecule has 0 atom stereocenters. The highest BCUT2D eigenvalue weighted by Crippen LogP contribution is 2.29. The van der Waals surface area contributed by atoms with Gasteiger partial charge >= 0.3 is 0 Å². The lowest BCUT2D eigenvalue weighted by Gasteiger charge is -2.32.